The Hall–Kier alpha value is 1.49. The van der Waals surface area contributed by atoms with Crippen LogP contribution in [0.2, 0.25) is 0 Å². The molecule has 0 amide bonds. The molecule has 1 aliphatic rings. The van der Waals surface area contributed by atoms with Crippen molar-refractivity contribution in [2.45, 2.75) is 4.58 Å². The molecule has 1 rings (SSSR count). The molecule has 1 unspecified atom stereocenters. The van der Waals surface area contributed by atoms with E-state index in [0.29, 0.717) is 0 Å². The Bertz CT molecular complexity index is 128. The van der Waals surface area contributed by atoms with E-state index in [1.807, 2.05) is 0 Å². The number of rotatable bonds is 0. The number of thiol groups is 3. The Morgan fingerprint density at radius 2 is 2.00 bits per heavy atom. The average Bonchev–Trinajstić information content (AvgIpc) is 1.98. The van der Waals surface area contributed by atoms with Crippen molar-refractivity contribution in [1.82, 2.24) is 0 Å². The average molecular weight is 200 g/mol. The summed E-state index contributed by atoms with van der Waals surface area (Å²) in [5.41, 5.74) is 0. The van der Waals surface area contributed by atoms with Crippen LogP contribution in [0.4, 0.5) is 0 Å². The van der Waals surface area contributed by atoms with E-state index in [1.54, 1.807) is 21.6 Å². The van der Waals surface area contributed by atoms with Gasteiger partial charge in [0.15, 0.2) is 0 Å². The van der Waals surface area contributed by atoms with Gasteiger partial charge < -0.3 is 0 Å². The van der Waals surface area contributed by atoms with Gasteiger partial charge in [-0.1, -0.05) is 10.8 Å². The third-order valence-electron chi connectivity index (χ3n) is 0.671. The normalized spacial score (nSPS) is 29.6. The van der Waals surface area contributed by atoms with Crippen LogP contribution in [0.5, 0.6) is 0 Å². The monoisotopic (exact) mass is 200 g/mol. The van der Waals surface area contributed by atoms with Crippen LogP contribution in [0.3, 0.4) is 0 Å². The van der Waals surface area contributed by atoms with Gasteiger partial charge in [-0.15, -0.1) is 25.3 Å². The summed E-state index contributed by atoms with van der Waals surface area (Å²) < 4.78 is 1.22. The molecule has 8 heavy (non-hydrogen) atoms. The SMILES string of the molecule is SC1=C(S)C(S)SS1. The van der Waals surface area contributed by atoms with E-state index in [-0.39, 0.29) is 4.58 Å². The van der Waals surface area contributed by atoms with Crippen molar-refractivity contribution in [2.75, 3.05) is 0 Å². The molecule has 0 N–H and O–H groups in total. The quantitative estimate of drug-likeness (QED) is 0.406. The van der Waals surface area contributed by atoms with Crippen LogP contribution in [0.25, 0.3) is 0 Å². The van der Waals surface area contributed by atoms with Gasteiger partial charge in [0.25, 0.3) is 0 Å². The van der Waals surface area contributed by atoms with Crippen molar-refractivity contribution in [1.29, 1.82) is 0 Å². The van der Waals surface area contributed by atoms with E-state index in [4.69, 9.17) is 0 Å². The van der Waals surface area contributed by atoms with Crippen LogP contribution in [0.1, 0.15) is 0 Å². The van der Waals surface area contributed by atoms with Gasteiger partial charge in [-0.2, -0.15) is 12.6 Å². The van der Waals surface area contributed by atoms with Crippen LogP contribution in [0, 0.1) is 0 Å². The van der Waals surface area contributed by atoms with Crippen molar-refractivity contribution < 1.29 is 0 Å². The van der Waals surface area contributed by atoms with Crippen molar-refractivity contribution in [3.05, 3.63) is 9.14 Å². The molecule has 0 radical (unpaired) electrons. The predicted octanol–water partition coefficient (Wildman–Crippen LogP) is 2.67. The third kappa shape index (κ3) is 1.50. The maximum atomic E-state index is 4.21. The zero-order valence-electron chi connectivity index (χ0n) is 3.74. The van der Waals surface area contributed by atoms with Gasteiger partial charge in [0.1, 0.15) is 0 Å². The molecule has 0 aliphatic carbocycles. The van der Waals surface area contributed by atoms with Gasteiger partial charge in [0.05, 0.1) is 8.82 Å². The minimum atomic E-state index is 0.232. The van der Waals surface area contributed by atoms with Crippen LogP contribution in [-0.4, -0.2) is 4.58 Å². The lowest BCUT2D eigenvalue weighted by Crippen LogP contribution is -1.82. The summed E-state index contributed by atoms with van der Waals surface area (Å²) in [4.78, 5) is 0.978. The predicted molar refractivity (Wildman–Crippen MR) is 53.0 cm³/mol. The Labute approximate surface area is 72.9 Å². The van der Waals surface area contributed by atoms with Crippen molar-refractivity contribution in [3.8, 4) is 0 Å². The highest BCUT2D eigenvalue weighted by Gasteiger charge is 2.18. The fourth-order valence-electron chi connectivity index (χ4n) is 0.285. The molecule has 0 aromatic heterocycles. The topological polar surface area (TPSA) is 0 Å². The molecule has 1 heterocycles. The van der Waals surface area contributed by atoms with E-state index in [2.05, 4.69) is 37.9 Å². The molecule has 0 bridgehead atoms. The summed E-state index contributed by atoms with van der Waals surface area (Å²) in [6.07, 6.45) is 0. The molecular formula is C3H4S5. The molecule has 1 aliphatic heterocycles. The third-order valence-corrected chi connectivity index (χ3v) is 6.00. The fourth-order valence-corrected chi connectivity index (χ4v) is 4.06. The minimum Gasteiger partial charge on any atom is -0.159 e. The zero-order valence-corrected chi connectivity index (χ0v) is 8.05. The minimum absolute atomic E-state index is 0.232. The highest BCUT2D eigenvalue weighted by atomic mass is 33.1. The highest BCUT2D eigenvalue weighted by molar-refractivity contribution is 8.81. The Morgan fingerprint density at radius 3 is 2.12 bits per heavy atom. The van der Waals surface area contributed by atoms with Crippen molar-refractivity contribution in [2.24, 2.45) is 0 Å². The summed E-state index contributed by atoms with van der Waals surface area (Å²) in [5, 5.41) is 0. The van der Waals surface area contributed by atoms with Crippen LogP contribution >= 0.6 is 59.5 Å². The van der Waals surface area contributed by atoms with E-state index < -0.39 is 0 Å². The molecule has 1 atom stereocenters. The lowest BCUT2D eigenvalue weighted by atomic mass is 10.7. The van der Waals surface area contributed by atoms with E-state index in [9.17, 15) is 0 Å². The first-order chi connectivity index (χ1) is 3.72. The fraction of sp³-hybridized carbons (Fsp3) is 0.333. The molecular weight excluding hydrogens is 196 g/mol. The molecule has 0 saturated heterocycles. The van der Waals surface area contributed by atoms with Gasteiger partial charge in [-0.05, 0) is 10.8 Å². The molecule has 46 valence electrons. The second kappa shape index (κ2) is 3.05. The summed E-state index contributed by atoms with van der Waals surface area (Å²) in [7, 11) is 3.29. The van der Waals surface area contributed by atoms with Gasteiger partial charge in [0.2, 0.25) is 0 Å². The highest BCUT2D eigenvalue weighted by Crippen LogP contribution is 2.50. The van der Waals surface area contributed by atoms with Crippen LogP contribution in [0.15, 0.2) is 9.14 Å². The largest absolute Gasteiger partial charge is 0.159 e. The zero-order chi connectivity index (χ0) is 6.15. The second-order valence-corrected chi connectivity index (χ2v) is 5.64. The molecule has 0 nitrogen and oxygen atoms in total. The second-order valence-electron chi connectivity index (χ2n) is 1.22. The Kier molecular flexibility index (Phi) is 2.90. The first-order valence-electron chi connectivity index (χ1n) is 1.85. The first-order valence-corrected chi connectivity index (χ1v) is 5.47. The summed E-state index contributed by atoms with van der Waals surface area (Å²) in [6, 6.07) is 0. The van der Waals surface area contributed by atoms with Gasteiger partial charge in [-0.3, -0.25) is 0 Å². The maximum absolute atomic E-state index is 4.21. The Balaban J connectivity index is 2.71. The van der Waals surface area contributed by atoms with Gasteiger partial charge >= 0.3 is 0 Å². The molecule has 0 fully saturated rings. The molecule has 0 spiro atoms. The summed E-state index contributed by atoms with van der Waals surface area (Å²) in [6.45, 7) is 0. The smallest absolute Gasteiger partial charge is 0.0901 e. The van der Waals surface area contributed by atoms with E-state index >= 15 is 0 Å². The molecule has 0 saturated carbocycles. The lowest BCUT2D eigenvalue weighted by Gasteiger charge is -1.95. The first kappa shape index (κ1) is 7.60. The molecule has 0 aromatic rings. The van der Waals surface area contributed by atoms with Gasteiger partial charge in [0, 0.05) is 4.91 Å². The van der Waals surface area contributed by atoms with Crippen molar-refractivity contribution in [3.63, 3.8) is 0 Å². The van der Waals surface area contributed by atoms with Crippen LogP contribution < -0.4 is 0 Å². The van der Waals surface area contributed by atoms with Crippen molar-refractivity contribution >= 4 is 59.5 Å². The van der Waals surface area contributed by atoms with E-state index in [1.165, 1.54) is 0 Å². The van der Waals surface area contributed by atoms with E-state index in [0.717, 1.165) is 9.14 Å². The number of hydrogen-bond donors (Lipinski definition) is 3. The number of hydrogen-bond acceptors (Lipinski definition) is 5. The molecule has 0 aromatic carbocycles. The molecule has 5 heteroatoms. The Morgan fingerprint density at radius 1 is 1.38 bits per heavy atom. The van der Waals surface area contributed by atoms with Gasteiger partial charge in [-0.25, -0.2) is 0 Å². The summed E-state index contributed by atoms with van der Waals surface area (Å²) >= 11 is 12.5. The maximum Gasteiger partial charge on any atom is 0.0901 e. The van der Waals surface area contributed by atoms with Crippen LogP contribution in [-0.2, 0) is 0 Å². The standard InChI is InChI=1S/C3H4S5/c4-1-2(5)7-8-3(1)6/h2,4-6H. The summed E-state index contributed by atoms with van der Waals surface area (Å²) in [5.74, 6) is 0. The lowest BCUT2D eigenvalue weighted by molar-refractivity contribution is 1.67.